The number of esters is 1. The Morgan fingerprint density at radius 3 is 2.50 bits per heavy atom. The van der Waals surface area contributed by atoms with Crippen molar-refractivity contribution in [3.05, 3.63) is 0 Å². The summed E-state index contributed by atoms with van der Waals surface area (Å²) in [6.45, 7) is 6.62. The second-order valence-corrected chi connectivity index (χ2v) is 6.39. The maximum atomic E-state index is 11.8. The van der Waals surface area contributed by atoms with Crippen LogP contribution in [-0.4, -0.2) is 47.6 Å². The number of rotatable bonds is 2. The van der Waals surface area contributed by atoms with Gasteiger partial charge in [0.05, 0.1) is 7.11 Å². The van der Waals surface area contributed by atoms with E-state index in [4.69, 9.17) is 4.74 Å². The quantitative estimate of drug-likeness (QED) is 0.578. The number of carbonyl (C=O) groups is 2. The van der Waals surface area contributed by atoms with E-state index in [0.29, 0.717) is 13.1 Å². The molecule has 1 unspecified atom stereocenters. The summed E-state index contributed by atoms with van der Waals surface area (Å²) in [7, 11) is 1.36. The molecule has 0 N–H and O–H groups in total. The predicted molar refractivity (Wildman–Crippen MR) is 70.6 cm³/mol. The van der Waals surface area contributed by atoms with Gasteiger partial charge in [-0.1, -0.05) is 15.9 Å². The van der Waals surface area contributed by atoms with Gasteiger partial charge in [-0.2, -0.15) is 0 Å². The molecular formula is C12H20BrNO4. The molecule has 1 fully saturated rings. The maximum absolute atomic E-state index is 11.8. The van der Waals surface area contributed by atoms with E-state index >= 15 is 0 Å². The van der Waals surface area contributed by atoms with Crippen molar-refractivity contribution in [1.29, 1.82) is 0 Å². The molecule has 18 heavy (non-hydrogen) atoms. The van der Waals surface area contributed by atoms with Crippen molar-refractivity contribution in [3.63, 3.8) is 0 Å². The van der Waals surface area contributed by atoms with Crippen LogP contribution in [0.3, 0.4) is 0 Å². The van der Waals surface area contributed by atoms with Crippen molar-refractivity contribution < 1.29 is 19.1 Å². The number of hydrogen-bond acceptors (Lipinski definition) is 4. The van der Waals surface area contributed by atoms with E-state index in [9.17, 15) is 9.59 Å². The fourth-order valence-corrected chi connectivity index (χ4v) is 2.44. The lowest BCUT2D eigenvalue weighted by molar-refractivity contribution is -0.140. The number of amides is 1. The molecule has 0 radical (unpaired) electrons. The first-order valence-corrected chi connectivity index (χ1v) is 6.86. The molecule has 0 aromatic rings. The lowest BCUT2D eigenvalue weighted by Gasteiger charge is -2.24. The summed E-state index contributed by atoms with van der Waals surface area (Å²) in [5, 5.41) is 0. The SMILES string of the molecule is COC(=O)C(Br)[C@H]1CCN(C(=O)OC(C)(C)C)C1. The van der Waals surface area contributed by atoms with E-state index in [0.717, 1.165) is 6.42 Å². The Labute approximate surface area is 116 Å². The lowest BCUT2D eigenvalue weighted by atomic mass is 10.1. The van der Waals surface area contributed by atoms with Crippen LogP contribution in [0, 0.1) is 5.92 Å². The smallest absolute Gasteiger partial charge is 0.410 e. The van der Waals surface area contributed by atoms with Crippen molar-refractivity contribution in [2.45, 2.75) is 37.6 Å². The molecule has 0 aliphatic carbocycles. The second kappa shape index (κ2) is 5.91. The molecule has 1 aliphatic heterocycles. The van der Waals surface area contributed by atoms with Gasteiger partial charge in [0.25, 0.3) is 0 Å². The van der Waals surface area contributed by atoms with E-state index < -0.39 is 5.60 Å². The van der Waals surface area contributed by atoms with Crippen LogP contribution in [-0.2, 0) is 14.3 Å². The molecule has 5 nitrogen and oxygen atoms in total. The van der Waals surface area contributed by atoms with Gasteiger partial charge < -0.3 is 14.4 Å². The maximum Gasteiger partial charge on any atom is 0.410 e. The van der Waals surface area contributed by atoms with Gasteiger partial charge in [-0.25, -0.2) is 4.79 Å². The molecule has 1 saturated heterocycles. The van der Waals surface area contributed by atoms with Gasteiger partial charge >= 0.3 is 12.1 Å². The summed E-state index contributed by atoms with van der Waals surface area (Å²) in [5.74, 6) is -0.226. The highest BCUT2D eigenvalue weighted by molar-refractivity contribution is 9.10. The van der Waals surface area contributed by atoms with E-state index in [1.54, 1.807) is 4.90 Å². The van der Waals surface area contributed by atoms with Crippen LogP contribution in [0.5, 0.6) is 0 Å². The molecule has 0 aromatic heterocycles. The standard InChI is InChI=1S/C12H20BrNO4/c1-12(2,3)18-11(16)14-6-5-8(7-14)9(13)10(15)17-4/h8-9H,5-7H2,1-4H3/t8-,9?/m0/s1. The van der Waals surface area contributed by atoms with E-state index in [2.05, 4.69) is 20.7 Å². The fourth-order valence-electron chi connectivity index (χ4n) is 1.82. The van der Waals surface area contributed by atoms with Gasteiger partial charge in [-0.05, 0) is 27.2 Å². The Hall–Kier alpha value is -0.780. The topological polar surface area (TPSA) is 55.8 Å². The van der Waals surface area contributed by atoms with Crippen LogP contribution < -0.4 is 0 Å². The van der Waals surface area contributed by atoms with Gasteiger partial charge in [-0.3, -0.25) is 4.79 Å². The molecule has 1 rings (SSSR count). The van der Waals surface area contributed by atoms with Crippen molar-refractivity contribution in [1.82, 2.24) is 4.90 Å². The lowest BCUT2D eigenvalue weighted by Crippen LogP contribution is -2.36. The highest BCUT2D eigenvalue weighted by atomic mass is 79.9. The number of nitrogens with zero attached hydrogens (tertiary/aromatic N) is 1. The number of carbonyl (C=O) groups excluding carboxylic acids is 2. The highest BCUT2D eigenvalue weighted by Crippen LogP contribution is 2.26. The average Bonchev–Trinajstić information content (AvgIpc) is 2.73. The summed E-state index contributed by atoms with van der Waals surface area (Å²) in [4.78, 5) is 24.5. The highest BCUT2D eigenvalue weighted by Gasteiger charge is 2.36. The molecule has 0 spiro atoms. The van der Waals surface area contributed by atoms with Crippen LogP contribution in [0.1, 0.15) is 27.2 Å². The molecular weight excluding hydrogens is 302 g/mol. The molecule has 0 bridgehead atoms. The summed E-state index contributed by atoms with van der Waals surface area (Å²) in [6, 6.07) is 0. The first-order valence-electron chi connectivity index (χ1n) is 5.94. The Morgan fingerprint density at radius 2 is 2.00 bits per heavy atom. The van der Waals surface area contributed by atoms with Crippen LogP contribution >= 0.6 is 15.9 Å². The minimum atomic E-state index is -0.495. The first-order chi connectivity index (χ1) is 8.24. The van der Waals surface area contributed by atoms with Crippen molar-refractivity contribution >= 4 is 28.0 Å². The largest absolute Gasteiger partial charge is 0.468 e. The Bertz CT molecular complexity index is 327. The predicted octanol–water partition coefficient (Wildman–Crippen LogP) is 2.18. The van der Waals surface area contributed by atoms with E-state index in [1.165, 1.54) is 7.11 Å². The van der Waals surface area contributed by atoms with Crippen molar-refractivity contribution in [2.75, 3.05) is 20.2 Å². The van der Waals surface area contributed by atoms with Crippen molar-refractivity contribution in [2.24, 2.45) is 5.92 Å². The van der Waals surface area contributed by atoms with Crippen LogP contribution in [0.15, 0.2) is 0 Å². The molecule has 1 heterocycles. The van der Waals surface area contributed by atoms with Crippen molar-refractivity contribution in [3.8, 4) is 0 Å². The van der Waals surface area contributed by atoms with Gasteiger partial charge in [0.1, 0.15) is 10.4 Å². The molecule has 1 aliphatic rings. The summed E-state index contributed by atoms with van der Waals surface area (Å²) in [5.41, 5.74) is -0.495. The number of hydrogen-bond donors (Lipinski definition) is 0. The zero-order valence-corrected chi connectivity index (χ0v) is 12.8. The molecule has 1 amide bonds. The first kappa shape index (κ1) is 15.3. The van der Waals surface area contributed by atoms with Crippen LogP contribution in [0.2, 0.25) is 0 Å². The second-order valence-electron chi connectivity index (χ2n) is 5.40. The fraction of sp³-hybridized carbons (Fsp3) is 0.833. The average molecular weight is 322 g/mol. The van der Waals surface area contributed by atoms with Gasteiger partial charge in [-0.15, -0.1) is 0 Å². The van der Waals surface area contributed by atoms with E-state index in [1.807, 2.05) is 20.8 Å². The number of halogens is 1. The zero-order valence-electron chi connectivity index (χ0n) is 11.2. The molecule has 6 heteroatoms. The Balaban J connectivity index is 2.51. The molecule has 104 valence electrons. The Kier molecular flexibility index (Phi) is 5.01. The molecule has 2 atom stereocenters. The minimum absolute atomic E-state index is 0.0740. The number of likely N-dealkylation sites (tertiary alicyclic amines) is 1. The van der Waals surface area contributed by atoms with Gasteiger partial charge in [0.15, 0.2) is 0 Å². The third-order valence-electron chi connectivity index (χ3n) is 2.72. The van der Waals surface area contributed by atoms with Gasteiger partial charge in [0.2, 0.25) is 0 Å². The van der Waals surface area contributed by atoms with Crippen LogP contribution in [0.25, 0.3) is 0 Å². The molecule has 0 saturated carbocycles. The zero-order chi connectivity index (χ0) is 13.9. The van der Waals surface area contributed by atoms with E-state index in [-0.39, 0.29) is 22.8 Å². The summed E-state index contributed by atoms with van der Waals surface area (Å²) in [6.07, 6.45) is 0.444. The van der Waals surface area contributed by atoms with Gasteiger partial charge in [0, 0.05) is 19.0 Å². The third-order valence-corrected chi connectivity index (χ3v) is 3.84. The Morgan fingerprint density at radius 1 is 1.39 bits per heavy atom. The summed E-state index contributed by atoms with van der Waals surface area (Å²) >= 11 is 3.31. The molecule has 0 aromatic carbocycles. The number of alkyl halides is 1. The monoisotopic (exact) mass is 321 g/mol. The summed E-state index contributed by atoms with van der Waals surface area (Å²) < 4.78 is 9.97. The number of ether oxygens (including phenoxy) is 2. The normalized spacial score (nSPS) is 21.6. The van der Waals surface area contributed by atoms with Crippen LogP contribution in [0.4, 0.5) is 4.79 Å². The third kappa shape index (κ3) is 4.15. The number of methoxy groups -OCH3 is 1. The minimum Gasteiger partial charge on any atom is -0.468 e.